The van der Waals surface area contributed by atoms with Crippen LogP contribution in [-0.2, 0) is 0 Å². The number of furan rings is 1. The molecule has 1 heterocycles. The molecule has 2 nitrogen and oxygen atoms in total. The number of nitrogens with two attached hydrogens (primary N) is 1. The van der Waals surface area contributed by atoms with Crippen LogP contribution >= 0.6 is 11.9 Å². The third-order valence-corrected chi connectivity index (χ3v) is 2.56. The summed E-state index contributed by atoms with van der Waals surface area (Å²) in [5.74, 6) is 1.83. The van der Waals surface area contributed by atoms with Gasteiger partial charge in [-0.25, -0.2) is 0 Å². The van der Waals surface area contributed by atoms with Crippen molar-refractivity contribution >= 4 is 11.9 Å². The van der Waals surface area contributed by atoms with Gasteiger partial charge in [-0.05, 0) is 43.1 Å². The zero-order valence-electron chi connectivity index (χ0n) is 7.86. The molecule has 0 radical (unpaired) electrons. The summed E-state index contributed by atoms with van der Waals surface area (Å²) in [5, 5.41) is 5.44. The Labute approximate surface area is 87.2 Å². The maximum Gasteiger partial charge on any atom is 0.134 e. The van der Waals surface area contributed by atoms with Crippen LogP contribution in [-0.4, -0.2) is 0 Å². The monoisotopic (exact) mass is 205 g/mol. The Morgan fingerprint density at radius 1 is 1.07 bits per heavy atom. The third kappa shape index (κ3) is 1.84. The zero-order chi connectivity index (χ0) is 9.97. The first-order valence-electron chi connectivity index (χ1n) is 4.33. The SMILES string of the molecule is Cc1ccc(-c2ccc(SN)cc2)o1. The first-order valence-corrected chi connectivity index (χ1v) is 5.21. The van der Waals surface area contributed by atoms with Crippen LogP contribution in [0.15, 0.2) is 45.7 Å². The minimum atomic E-state index is 0.899. The quantitative estimate of drug-likeness (QED) is 0.765. The van der Waals surface area contributed by atoms with Crippen molar-refractivity contribution in [2.24, 2.45) is 5.14 Å². The molecule has 0 aliphatic rings. The van der Waals surface area contributed by atoms with Crippen LogP contribution in [0.4, 0.5) is 0 Å². The first kappa shape index (κ1) is 9.37. The van der Waals surface area contributed by atoms with E-state index in [0.29, 0.717) is 0 Å². The number of rotatable bonds is 2. The van der Waals surface area contributed by atoms with E-state index < -0.39 is 0 Å². The Morgan fingerprint density at radius 3 is 2.29 bits per heavy atom. The smallest absolute Gasteiger partial charge is 0.134 e. The third-order valence-electron chi connectivity index (χ3n) is 2.02. The van der Waals surface area contributed by atoms with Crippen molar-refractivity contribution in [1.29, 1.82) is 0 Å². The molecule has 0 saturated heterocycles. The van der Waals surface area contributed by atoms with E-state index in [0.717, 1.165) is 22.0 Å². The average Bonchev–Trinajstić information content (AvgIpc) is 2.65. The molecule has 1 aromatic carbocycles. The molecule has 0 spiro atoms. The van der Waals surface area contributed by atoms with E-state index in [1.165, 1.54) is 11.9 Å². The lowest BCUT2D eigenvalue weighted by atomic mass is 10.2. The van der Waals surface area contributed by atoms with E-state index in [4.69, 9.17) is 9.56 Å². The van der Waals surface area contributed by atoms with E-state index in [9.17, 15) is 0 Å². The fourth-order valence-electron chi connectivity index (χ4n) is 1.29. The minimum Gasteiger partial charge on any atom is -0.461 e. The standard InChI is InChI=1S/C11H11NOS/c1-8-2-7-11(13-8)9-3-5-10(14-12)6-4-9/h2-7H,12H2,1H3. The van der Waals surface area contributed by atoms with E-state index in [1.54, 1.807) is 0 Å². The predicted molar refractivity (Wildman–Crippen MR) is 58.9 cm³/mol. The van der Waals surface area contributed by atoms with Crippen molar-refractivity contribution < 1.29 is 4.42 Å². The van der Waals surface area contributed by atoms with Gasteiger partial charge in [0.2, 0.25) is 0 Å². The Morgan fingerprint density at radius 2 is 1.79 bits per heavy atom. The summed E-state index contributed by atoms with van der Waals surface area (Å²) in [6.45, 7) is 1.94. The molecule has 3 heteroatoms. The van der Waals surface area contributed by atoms with Crippen LogP contribution in [0.25, 0.3) is 11.3 Å². The molecule has 0 fully saturated rings. The van der Waals surface area contributed by atoms with Crippen molar-refractivity contribution in [3.8, 4) is 11.3 Å². The van der Waals surface area contributed by atoms with Gasteiger partial charge >= 0.3 is 0 Å². The second kappa shape index (κ2) is 3.90. The minimum absolute atomic E-state index is 0.899. The van der Waals surface area contributed by atoms with Crippen molar-refractivity contribution in [1.82, 2.24) is 0 Å². The van der Waals surface area contributed by atoms with Gasteiger partial charge in [-0.3, -0.25) is 5.14 Å². The van der Waals surface area contributed by atoms with Gasteiger partial charge in [0.25, 0.3) is 0 Å². The van der Waals surface area contributed by atoms with Crippen LogP contribution in [0, 0.1) is 6.92 Å². The van der Waals surface area contributed by atoms with Gasteiger partial charge < -0.3 is 4.42 Å². The molecule has 14 heavy (non-hydrogen) atoms. The molecule has 0 saturated carbocycles. The van der Waals surface area contributed by atoms with Gasteiger partial charge in [0.1, 0.15) is 11.5 Å². The van der Waals surface area contributed by atoms with E-state index >= 15 is 0 Å². The van der Waals surface area contributed by atoms with Gasteiger partial charge in [-0.15, -0.1) is 0 Å². The topological polar surface area (TPSA) is 39.2 Å². The highest BCUT2D eigenvalue weighted by molar-refractivity contribution is 7.97. The summed E-state index contributed by atoms with van der Waals surface area (Å²) < 4.78 is 5.50. The highest BCUT2D eigenvalue weighted by atomic mass is 32.2. The maximum atomic E-state index is 5.50. The first-order chi connectivity index (χ1) is 6.79. The second-order valence-corrected chi connectivity index (χ2v) is 3.76. The summed E-state index contributed by atoms with van der Waals surface area (Å²) in [5.41, 5.74) is 1.08. The summed E-state index contributed by atoms with van der Waals surface area (Å²) >= 11 is 1.25. The molecule has 72 valence electrons. The Kier molecular flexibility index (Phi) is 2.61. The Balaban J connectivity index is 2.33. The van der Waals surface area contributed by atoms with Gasteiger partial charge in [0, 0.05) is 10.5 Å². The molecule has 0 amide bonds. The van der Waals surface area contributed by atoms with Crippen LogP contribution in [0.3, 0.4) is 0 Å². The van der Waals surface area contributed by atoms with Gasteiger partial charge in [-0.1, -0.05) is 12.1 Å². The number of aryl methyl sites for hydroxylation is 1. The average molecular weight is 205 g/mol. The maximum absolute atomic E-state index is 5.50. The van der Waals surface area contributed by atoms with Crippen molar-refractivity contribution in [2.75, 3.05) is 0 Å². The molecule has 2 rings (SSSR count). The summed E-state index contributed by atoms with van der Waals surface area (Å²) in [4.78, 5) is 1.05. The van der Waals surface area contributed by atoms with Crippen molar-refractivity contribution in [3.63, 3.8) is 0 Å². The molecule has 2 N–H and O–H groups in total. The Hall–Kier alpha value is -1.19. The molecule has 1 aromatic heterocycles. The predicted octanol–water partition coefficient (Wildman–Crippen LogP) is 3.22. The van der Waals surface area contributed by atoms with E-state index in [1.807, 2.05) is 43.3 Å². The number of hydrogen-bond acceptors (Lipinski definition) is 3. The number of benzene rings is 1. The van der Waals surface area contributed by atoms with Gasteiger partial charge in [0.15, 0.2) is 0 Å². The lowest BCUT2D eigenvalue weighted by molar-refractivity contribution is 0.548. The normalized spacial score (nSPS) is 10.4. The lowest BCUT2D eigenvalue weighted by Crippen LogP contribution is -1.79. The molecule has 0 unspecified atom stereocenters. The largest absolute Gasteiger partial charge is 0.461 e. The summed E-state index contributed by atoms with van der Waals surface area (Å²) in [7, 11) is 0. The summed E-state index contributed by atoms with van der Waals surface area (Å²) in [6.07, 6.45) is 0. The van der Waals surface area contributed by atoms with Crippen molar-refractivity contribution in [2.45, 2.75) is 11.8 Å². The van der Waals surface area contributed by atoms with Gasteiger partial charge in [-0.2, -0.15) is 0 Å². The molecule has 2 aromatic rings. The molecular weight excluding hydrogens is 194 g/mol. The fraction of sp³-hybridized carbons (Fsp3) is 0.0909. The van der Waals surface area contributed by atoms with Crippen LogP contribution < -0.4 is 5.14 Å². The zero-order valence-corrected chi connectivity index (χ0v) is 8.67. The molecule has 0 atom stereocenters. The van der Waals surface area contributed by atoms with E-state index in [-0.39, 0.29) is 0 Å². The molecule has 0 aliphatic carbocycles. The Bertz CT molecular complexity index is 419. The molecular formula is C11H11NOS. The van der Waals surface area contributed by atoms with E-state index in [2.05, 4.69) is 0 Å². The van der Waals surface area contributed by atoms with Crippen LogP contribution in [0.2, 0.25) is 0 Å². The molecule has 0 aliphatic heterocycles. The second-order valence-electron chi connectivity index (χ2n) is 3.05. The van der Waals surface area contributed by atoms with Crippen LogP contribution in [0.5, 0.6) is 0 Å². The fourth-order valence-corrected chi connectivity index (χ4v) is 1.58. The highest BCUT2D eigenvalue weighted by Gasteiger charge is 2.01. The van der Waals surface area contributed by atoms with Gasteiger partial charge in [0.05, 0.1) is 0 Å². The van der Waals surface area contributed by atoms with Crippen LogP contribution in [0.1, 0.15) is 5.76 Å². The summed E-state index contributed by atoms with van der Waals surface area (Å²) in [6, 6.07) is 11.9. The highest BCUT2D eigenvalue weighted by Crippen LogP contribution is 2.23. The van der Waals surface area contributed by atoms with Crippen molar-refractivity contribution in [3.05, 3.63) is 42.2 Å². The molecule has 0 bridgehead atoms. The number of hydrogen-bond donors (Lipinski definition) is 1. The lowest BCUT2D eigenvalue weighted by Gasteiger charge is -1.98.